The monoisotopic (exact) mass is 239 g/mol. The topological polar surface area (TPSA) is 49.3 Å². The van der Waals surface area contributed by atoms with Gasteiger partial charge in [0.05, 0.1) is 5.37 Å². The molecule has 3 nitrogen and oxygen atoms in total. The van der Waals surface area contributed by atoms with Crippen LogP contribution in [0.25, 0.3) is 0 Å². The summed E-state index contributed by atoms with van der Waals surface area (Å²) >= 11 is 1.71. The first-order valence-corrected chi connectivity index (χ1v) is 4.89. The molecule has 0 aromatic heterocycles. The second-order valence-electron chi connectivity index (χ2n) is 2.67. The molecule has 2 N–H and O–H groups in total. The summed E-state index contributed by atoms with van der Waals surface area (Å²) < 4.78 is 0. The van der Waals surface area contributed by atoms with Gasteiger partial charge in [-0.2, -0.15) is 0 Å². The molecule has 0 radical (unpaired) electrons. The Morgan fingerprint density at radius 2 is 2.42 bits per heavy atom. The molecule has 1 fully saturated rings. The minimum Gasteiger partial charge on any atom is -0.480 e. The fourth-order valence-corrected chi connectivity index (χ4v) is 2.43. The van der Waals surface area contributed by atoms with Crippen LogP contribution in [0, 0.1) is 0 Å². The molecule has 5 heteroatoms. The van der Waals surface area contributed by atoms with Gasteiger partial charge in [0, 0.05) is 25.2 Å². The molecule has 1 heterocycles. The number of aliphatic carboxylic acids is 1. The Labute approximate surface area is 89.4 Å². The van der Waals surface area contributed by atoms with Gasteiger partial charge in [0.25, 0.3) is 0 Å². The van der Waals surface area contributed by atoms with Crippen LogP contribution in [0.5, 0.6) is 0 Å². The molecule has 1 aliphatic rings. The molecule has 1 rings (SSSR count). The minimum absolute atomic E-state index is 0. The van der Waals surface area contributed by atoms with Crippen LogP contribution in [-0.2, 0) is 24.3 Å². The van der Waals surface area contributed by atoms with Crippen molar-refractivity contribution in [3.63, 3.8) is 0 Å². The average Bonchev–Trinajstić information content (AvgIpc) is 2.37. The SMILES string of the molecule is CCCC1NC(C(=O)O)CS1.[Zn]. The maximum Gasteiger partial charge on any atom is 0.321 e. The predicted molar refractivity (Wildman–Crippen MR) is 45.7 cm³/mol. The summed E-state index contributed by atoms with van der Waals surface area (Å²) in [4.78, 5) is 10.5. The number of hydrogen-bond acceptors (Lipinski definition) is 3. The van der Waals surface area contributed by atoms with E-state index >= 15 is 0 Å². The van der Waals surface area contributed by atoms with Gasteiger partial charge in [-0.3, -0.25) is 10.1 Å². The molecule has 12 heavy (non-hydrogen) atoms. The van der Waals surface area contributed by atoms with Crippen LogP contribution in [-0.4, -0.2) is 28.2 Å². The van der Waals surface area contributed by atoms with Gasteiger partial charge in [0.1, 0.15) is 6.04 Å². The van der Waals surface area contributed by atoms with Crippen molar-refractivity contribution in [2.24, 2.45) is 0 Å². The molecule has 2 atom stereocenters. The summed E-state index contributed by atoms with van der Waals surface area (Å²) in [5.41, 5.74) is 0. The fraction of sp³-hybridized carbons (Fsp3) is 0.857. The van der Waals surface area contributed by atoms with Crippen molar-refractivity contribution in [2.75, 3.05) is 5.75 Å². The zero-order valence-corrected chi connectivity index (χ0v) is 11.0. The number of carbonyl (C=O) groups is 1. The van der Waals surface area contributed by atoms with E-state index in [0.29, 0.717) is 11.1 Å². The summed E-state index contributed by atoms with van der Waals surface area (Å²) in [6.07, 6.45) is 2.17. The molecule has 0 saturated carbocycles. The van der Waals surface area contributed by atoms with E-state index in [9.17, 15) is 4.79 Å². The van der Waals surface area contributed by atoms with E-state index in [1.54, 1.807) is 11.8 Å². The number of carboxylic acid groups (broad SMARTS) is 1. The number of rotatable bonds is 3. The third-order valence-corrected chi connectivity index (χ3v) is 3.00. The first-order valence-electron chi connectivity index (χ1n) is 3.84. The van der Waals surface area contributed by atoms with E-state index in [1.165, 1.54) is 0 Å². The zero-order valence-electron chi connectivity index (χ0n) is 7.25. The normalized spacial score (nSPS) is 28.1. The minimum atomic E-state index is -0.726. The summed E-state index contributed by atoms with van der Waals surface area (Å²) in [6, 6.07) is -0.323. The predicted octanol–water partition coefficient (Wildman–Crippen LogP) is 0.900. The molecular weight excluding hydrogens is 228 g/mol. The fourth-order valence-electron chi connectivity index (χ4n) is 1.10. The van der Waals surface area contributed by atoms with Crippen molar-refractivity contribution in [1.82, 2.24) is 5.32 Å². The molecule has 0 bridgehead atoms. The van der Waals surface area contributed by atoms with Crippen LogP contribution in [0.2, 0.25) is 0 Å². The number of hydrogen-bond donors (Lipinski definition) is 2. The van der Waals surface area contributed by atoms with Gasteiger partial charge in [-0.15, -0.1) is 11.8 Å². The van der Waals surface area contributed by atoms with Crippen LogP contribution in [0.1, 0.15) is 19.8 Å². The van der Waals surface area contributed by atoms with E-state index in [-0.39, 0.29) is 25.5 Å². The van der Waals surface area contributed by atoms with Gasteiger partial charge >= 0.3 is 5.97 Å². The molecular formula is C7H13NO2SZn. The van der Waals surface area contributed by atoms with E-state index in [1.807, 2.05) is 0 Å². The Balaban J connectivity index is 0.00000121. The molecule has 0 amide bonds. The number of carboxylic acids is 1. The van der Waals surface area contributed by atoms with E-state index in [0.717, 1.165) is 12.8 Å². The molecule has 0 aliphatic carbocycles. The molecule has 2 unspecified atom stereocenters. The number of nitrogens with one attached hydrogen (secondary N) is 1. The molecule has 66 valence electrons. The van der Waals surface area contributed by atoms with Crippen molar-refractivity contribution in [3.05, 3.63) is 0 Å². The standard InChI is InChI=1S/C7H13NO2S.Zn/c1-2-3-6-8-5(4-11-6)7(9)10;/h5-6,8H,2-4H2,1H3,(H,9,10);. The Kier molecular flexibility index (Phi) is 6.15. The Morgan fingerprint density at radius 3 is 2.83 bits per heavy atom. The number of thioether (sulfide) groups is 1. The van der Waals surface area contributed by atoms with Crippen molar-refractivity contribution >= 4 is 17.7 Å². The van der Waals surface area contributed by atoms with E-state index in [2.05, 4.69) is 12.2 Å². The quantitative estimate of drug-likeness (QED) is 0.720. The van der Waals surface area contributed by atoms with Crippen molar-refractivity contribution < 1.29 is 29.4 Å². The second kappa shape index (κ2) is 5.95. The van der Waals surface area contributed by atoms with Crippen LogP contribution in [0.4, 0.5) is 0 Å². The largest absolute Gasteiger partial charge is 0.480 e. The van der Waals surface area contributed by atoms with Gasteiger partial charge in [-0.25, -0.2) is 0 Å². The summed E-state index contributed by atoms with van der Waals surface area (Å²) in [6.45, 7) is 2.11. The van der Waals surface area contributed by atoms with Crippen molar-refractivity contribution in [2.45, 2.75) is 31.2 Å². The van der Waals surface area contributed by atoms with Crippen LogP contribution in [0.15, 0.2) is 0 Å². The van der Waals surface area contributed by atoms with Gasteiger partial charge in [0.2, 0.25) is 0 Å². The van der Waals surface area contributed by atoms with Crippen LogP contribution >= 0.6 is 11.8 Å². The Morgan fingerprint density at radius 1 is 1.75 bits per heavy atom. The Hall–Kier alpha value is 0.403. The second-order valence-corrected chi connectivity index (χ2v) is 3.90. The zero-order chi connectivity index (χ0) is 8.27. The van der Waals surface area contributed by atoms with Crippen molar-refractivity contribution in [3.8, 4) is 0 Å². The molecule has 0 spiro atoms. The van der Waals surface area contributed by atoms with E-state index in [4.69, 9.17) is 5.11 Å². The Bertz CT molecular complexity index is 156. The molecule has 0 aromatic rings. The van der Waals surface area contributed by atoms with Gasteiger partial charge in [-0.1, -0.05) is 13.3 Å². The summed E-state index contributed by atoms with van der Waals surface area (Å²) in [5.74, 6) is -0.0175. The molecule has 1 aliphatic heterocycles. The van der Waals surface area contributed by atoms with Gasteiger partial charge in [-0.05, 0) is 6.42 Å². The first kappa shape index (κ1) is 12.4. The maximum absolute atomic E-state index is 10.5. The van der Waals surface area contributed by atoms with Gasteiger partial charge in [0.15, 0.2) is 0 Å². The van der Waals surface area contributed by atoms with Gasteiger partial charge < -0.3 is 5.11 Å². The third kappa shape index (κ3) is 3.42. The molecule has 0 aromatic carbocycles. The summed E-state index contributed by atoms with van der Waals surface area (Å²) in [7, 11) is 0. The van der Waals surface area contributed by atoms with E-state index < -0.39 is 5.97 Å². The third-order valence-electron chi connectivity index (χ3n) is 1.70. The first-order chi connectivity index (χ1) is 5.24. The summed E-state index contributed by atoms with van der Waals surface area (Å²) in [5, 5.41) is 12.0. The van der Waals surface area contributed by atoms with Crippen LogP contribution < -0.4 is 5.32 Å². The smallest absolute Gasteiger partial charge is 0.321 e. The van der Waals surface area contributed by atoms with Crippen LogP contribution in [0.3, 0.4) is 0 Å². The van der Waals surface area contributed by atoms with Crippen molar-refractivity contribution in [1.29, 1.82) is 0 Å². The molecule has 1 saturated heterocycles. The maximum atomic E-state index is 10.5. The average molecular weight is 241 g/mol.